The van der Waals surface area contributed by atoms with Crippen molar-refractivity contribution in [2.24, 2.45) is 5.73 Å². The molecule has 0 atom stereocenters. The minimum atomic E-state index is -1.48. The Morgan fingerprint density at radius 3 is 2.53 bits per heavy atom. The number of allylic oxidation sites excluding steroid dienone is 2. The number of hydrogen-bond acceptors (Lipinski definition) is 2. The third kappa shape index (κ3) is 4.81. The van der Waals surface area contributed by atoms with Crippen LogP contribution >= 0.6 is 0 Å². The van der Waals surface area contributed by atoms with Crippen molar-refractivity contribution in [1.29, 1.82) is 0 Å². The van der Waals surface area contributed by atoms with Gasteiger partial charge in [0.1, 0.15) is 12.3 Å². The second-order valence-corrected chi connectivity index (χ2v) is 4.35. The molecule has 0 heterocycles. The summed E-state index contributed by atoms with van der Waals surface area (Å²) in [4.78, 5) is 0. The fourth-order valence-electron chi connectivity index (χ4n) is 1.23. The standard InChI is InChI=1S/C11H18F2N2/c1-11(2,13)7-9(14)10(5-6-12)15-8-3-4-8/h5,7-8,15H,3-4,6,14H2,1-2H3/b9-7+,10-5+. The Labute approximate surface area is 89.2 Å². The number of nitrogens with one attached hydrogen (secondary N) is 1. The van der Waals surface area contributed by atoms with Crippen LogP contribution in [0.4, 0.5) is 8.78 Å². The first-order valence-electron chi connectivity index (χ1n) is 5.12. The summed E-state index contributed by atoms with van der Waals surface area (Å²) in [6, 6.07) is 0.373. The molecule has 1 aliphatic rings. The molecule has 86 valence electrons. The molecule has 0 unspecified atom stereocenters. The van der Waals surface area contributed by atoms with Gasteiger partial charge in [0.2, 0.25) is 0 Å². The van der Waals surface area contributed by atoms with Crippen LogP contribution in [0, 0.1) is 0 Å². The fraction of sp³-hybridized carbons (Fsp3) is 0.636. The molecule has 0 bridgehead atoms. The second-order valence-electron chi connectivity index (χ2n) is 4.35. The van der Waals surface area contributed by atoms with Crippen molar-refractivity contribution in [3.05, 3.63) is 23.5 Å². The maximum absolute atomic E-state index is 13.3. The molecule has 0 radical (unpaired) electrons. The topological polar surface area (TPSA) is 38.0 Å². The van der Waals surface area contributed by atoms with Crippen molar-refractivity contribution >= 4 is 0 Å². The molecule has 1 rings (SSSR count). The molecule has 0 aromatic heterocycles. The molecule has 1 aliphatic carbocycles. The van der Waals surface area contributed by atoms with Gasteiger partial charge in [-0.25, -0.2) is 8.78 Å². The summed E-state index contributed by atoms with van der Waals surface area (Å²) < 4.78 is 25.5. The van der Waals surface area contributed by atoms with Gasteiger partial charge in [0.05, 0.1) is 11.4 Å². The minimum absolute atomic E-state index is 0.270. The zero-order chi connectivity index (χ0) is 11.5. The van der Waals surface area contributed by atoms with E-state index < -0.39 is 12.3 Å². The zero-order valence-corrected chi connectivity index (χ0v) is 9.19. The summed E-state index contributed by atoms with van der Waals surface area (Å²) in [6.45, 7) is 2.21. The molecule has 0 aromatic rings. The Bertz CT molecular complexity index is 273. The summed E-state index contributed by atoms with van der Waals surface area (Å²) in [5.74, 6) is 0. The van der Waals surface area contributed by atoms with Gasteiger partial charge in [-0.05, 0) is 38.8 Å². The first kappa shape index (κ1) is 12.0. The smallest absolute Gasteiger partial charge is 0.125 e. The third-order valence-corrected chi connectivity index (χ3v) is 2.03. The van der Waals surface area contributed by atoms with E-state index in [1.165, 1.54) is 26.0 Å². The van der Waals surface area contributed by atoms with Gasteiger partial charge in [-0.2, -0.15) is 0 Å². The Morgan fingerprint density at radius 2 is 2.13 bits per heavy atom. The van der Waals surface area contributed by atoms with E-state index in [9.17, 15) is 8.78 Å². The van der Waals surface area contributed by atoms with Gasteiger partial charge in [0, 0.05) is 6.04 Å². The van der Waals surface area contributed by atoms with E-state index in [4.69, 9.17) is 5.73 Å². The summed E-state index contributed by atoms with van der Waals surface area (Å²) >= 11 is 0. The molecular formula is C11H18F2N2. The molecule has 0 aromatic carbocycles. The number of nitrogens with two attached hydrogens (primary N) is 1. The van der Waals surface area contributed by atoms with Gasteiger partial charge in [-0.3, -0.25) is 0 Å². The van der Waals surface area contributed by atoms with E-state index in [-0.39, 0.29) is 5.70 Å². The minimum Gasteiger partial charge on any atom is -0.397 e. The van der Waals surface area contributed by atoms with Crippen LogP contribution in [-0.2, 0) is 0 Å². The Morgan fingerprint density at radius 1 is 1.53 bits per heavy atom. The maximum atomic E-state index is 13.3. The largest absolute Gasteiger partial charge is 0.397 e. The van der Waals surface area contributed by atoms with Crippen molar-refractivity contribution in [1.82, 2.24) is 5.32 Å². The van der Waals surface area contributed by atoms with Crippen molar-refractivity contribution in [2.45, 2.75) is 38.4 Å². The van der Waals surface area contributed by atoms with Crippen LogP contribution < -0.4 is 11.1 Å². The molecule has 0 amide bonds. The normalized spacial score (nSPS) is 19.2. The van der Waals surface area contributed by atoms with Crippen LogP contribution in [-0.4, -0.2) is 18.4 Å². The zero-order valence-electron chi connectivity index (χ0n) is 9.19. The summed E-state index contributed by atoms with van der Waals surface area (Å²) in [7, 11) is 0. The number of alkyl halides is 2. The van der Waals surface area contributed by atoms with Gasteiger partial charge in [0.15, 0.2) is 0 Å². The molecular weight excluding hydrogens is 198 g/mol. The maximum Gasteiger partial charge on any atom is 0.125 e. The van der Waals surface area contributed by atoms with E-state index in [0.29, 0.717) is 11.7 Å². The van der Waals surface area contributed by atoms with E-state index in [1.807, 2.05) is 0 Å². The fourth-order valence-corrected chi connectivity index (χ4v) is 1.23. The van der Waals surface area contributed by atoms with E-state index in [2.05, 4.69) is 5.32 Å². The molecule has 1 saturated carbocycles. The first-order chi connectivity index (χ1) is 6.92. The van der Waals surface area contributed by atoms with Gasteiger partial charge in [-0.15, -0.1) is 0 Å². The molecule has 15 heavy (non-hydrogen) atoms. The Hall–Kier alpha value is -1.06. The van der Waals surface area contributed by atoms with Crippen molar-refractivity contribution in [3.8, 4) is 0 Å². The van der Waals surface area contributed by atoms with Crippen LogP contribution in [0.15, 0.2) is 23.5 Å². The molecule has 2 nitrogen and oxygen atoms in total. The van der Waals surface area contributed by atoms with Crippen LogP contribution in [0.2, 0.25) is 0 Å². The van der Waals surface area contributed by atoms with E-state index in [1.54, 1.807) is 0 Å². The predicted octanol–water partition coefficient (Wildman–Crippen LogP) is 2.18. The lowest BCUT2D eigenvalue weighted by molar-refractivity contribution is 0.285. The Kier molecular flexibility index (Phi) is 3.72. The highest BCUT2D eigenvalue weighted by Crippen LogP contribution is 2.22. The summed E-state index contributed by atoms with van der Waals surface area (Å²) in [5, 5.41) is 3.08. The van der Waals surface area contributed by atoms with Crippen LogP contribution in [0.1, 0.15) is 26.7 Å². The predicted molar refractivity (Wildman–Crippen MR) is 57.7 cm³/mol. The van der Waals surface area contributed by atoms with Crippen molar-refractivity contribution in [2.75, 3.05) is 6.67 Å². The number of hydrogen-bond donors (Lipinski definition) is 2. The highest BCUT2D eigenvalue weighted by atomic mass is 19.1. The average Bonchev–Trinajstić information content (AvgIpc) is 2.84. The third-order valence-electron chi connectivity index (χ3n) is 2.03. The van der Waals surface area contributed by atoms with Gasteiger partial charge >= 0.3 is 0 Å². The Balaban J connectivity index is 2.69. The van der Waals surface area contributed by atoms with Crippen molar-refractivity contribution in [3.63, 3.8) is 0 Å². The van der Waals surface area contributed by atoms with Gasteiger partial charge < -0.3 is 11.1 Å². The average molecular weight is 216 g/mol. The monoisotopic (exact) mass is 216 g/mol. The van der Waals surface area contributed by atoms with Crippen LogP contribution in [0.25, 0.3) is 0 Å². The molecule has 0 spiro atoms. The molecule has 4 heteroatoms. The molecule has 1 fully saturated rings. The highest BCUT2D eigenvalue weighted by Gasteiger charge is 2.23. The SMILES string of the molecule is CC(C)(F)/C=C(N)\C(=C/CF)NC1CC1. The lowest BCUT2D eigenvalue weighted by atomic mass is 10.1. The summed E-state index contributed by atoms with van der Waals surface area (Å²) in [5.41, 5.74) is 4.98. The van der Waals surface area contributed by atoms with Gasteiger partial charge in [0.25, 0.3) is 0 Å². The number of rotatable bonds is 5. The number of halogens is 2. The highest BCUT2D eigenvalue weighted by molar-refractivity contribution is 5.29. The molecule has 0 aliphatic heterocycles. The van der Waals surface area contributed by atoms with E-state index in [0.717, 1.165) is 12.8 Å². The van der Waals surface area contributed by atoms with Gasteiger partial charge in [-0.1, -0.05) is 0 Å². The van der Waals surface area contributed by atoms with Crippen LogP contribution in [0.5, 0.6) is 0 Å². The van der Waals surface area contributed by atoms with Crippen LogP contribution in [0.3, 0.4) is 0 Å². The van der Waals surface area contributed by atoms with Crippen molar-refractivity contribution < 1.29 is 8.78 Å². The second kappa shape index (κ2) is 4.64. The lowest BCUT2D eigenvalue weighted by Gasteiger charge is -2.14. The first-order valence-corrected chi connectivity index (χ1v) is 5.12. The quantitative estimate of drug-likeness (QED) is 0.691. The van der Waals surface area contributed by atoms with E-state index >= 15 is 0 Å². The lowest BCUT2D eigenvalue weighted by Crippen LogP contribution is -2.23. The summed E-state index contributed by atoms with van der Waals surface area (Å²) in [6.07, 6.45) is 4.77. The molecule has 3 N–H and O–H groups in total. The molecule has 0 saturated heterocycles.